The summed E-state index contributed by atoms with van der Waals surface area (Å²) >= 11 is 4.33. The molecule has 2 atom stereocenters. The van der Waals surface area contributed by atoms with Gasteiger partial charge in [-0.1, -0.05) is 27.2 Å². The van der Waals surface area contributed by atoms with Crippen molar-refractivity contribution in [1.82, 2.24) is 19.8 Å². The number of pyridine rings is 1. The number of thiol groups is 1. The van der Waals surface area contributed by atoms with E-state index in [4.69, 9.17) is 7.98 Å². The molecular weight excluding hydrogens is 377 g/mol. The fourth-order valence-corrected chi connectivity index (χ4v) is 3.42. The van der Waals surface area contributed by atoms with Crippen LogP contribution in [0.3, 0.4) is 0 Å². The smallest absolute Gasteiger partial charge is 0.182 e. The summed E-state index contributed by atoms with van der Waals surface area (Å²) in [5.41, 5.74) is 2.74. The highest BCUT2D eigenvalue weighted by Gasteiger charge is 2.13. The van der Waals surface area contributed by atoms with Gasteiger partial charge in [-0.05, 0) is 55.3 Å². The monoisotopic (exact) mass is 405 g/mol. The van der Waals surface area contributed by atoms with Crippen molar-refractivity contribution in [3.8, 4) is 0 Å². The van der Waals surface area contributed by atoms with Gasteiger partial charge in [0.15, 0.2) is 7.98 Å². The van der Waals surface area contributed by atoms with Gasteiger partial charge in [0, 0.05) is 28.1 Å². The summed E-state index contributed by atoms with van der Waals surface area (Å²) in [5.74, 6) is 1.44. The number of fused-ring (bicyclic) bond motifs is 1. The number of nitrogens with one attached hydrogen (secondary N) is 1. The molecule has 0 bridgehead atoms. The lowest BCUT2D eigenvalue weighted by molar-refractivity contribution is 0.301. The number of anilines is 2. The maximum absolute atomic E-state index is 6.29. The molecule has 0 spiro atoms. The van der Waals surface area contributed by atoms with Crippen LogP contribution in [-0.2, 0) is 6.42 Å². The minimum Gasteiger partial charge on any atom is -0.351 e. The molecule has 7 heteroatoms. The summed E-state index contributed by atoms with van der Waals surface area (Å²) in [6.07, 6.45) is 6.41. The molecule has 1 aromatic carbocycles. The van der Waals surface area contributed by atoms with Crippen LogP contribution in [0.1, 0.15) is 39.3 Å². The normalized spacial score (nSPS) is 13.6. The Hall–Kier alpha value is -2.12. The van der Waals surface area contributed by atoms with Crippen LogP contribution >= 0.6 is 12.6 Å². The van der Waals surface area contributed by atoms with Gasteiger partial charge in [0.1, 0.15) is 12.1 Å². The zero-order valence-electron chi connectivity index (χ0n) is 17.3. The molecule has 0 aliphatic carbocycles. The molecule has 0 aliphatic rings. The van der Waals surface area contributed by atoms with Crippen molar-refractivity contribution in [1.29, 1.82) is 0 Å². The largest absolute Gasteiger partial charge is 0.351 e. The number of hydrogen-bond acceptors (Lipinski definition) is 6. The Kier molecular flexibility index (Phi) is 7.50. The molecule has 0 aliphatic heterocycles. The third-order valence-corrected chi connectivity index (χ3v) is 5.64. The second-order valence-electron chi connectivity index (χ2n) is 7.67. The Bertz CT molecular complexity index is 934. The first-order valence-corrected chi connectivity index (χ1v) is 10.6. The molecule has 3 rings (SSSR count). The summed E-state index contributed by atoms with van der Waals surface area (Å²) in [5, 5.41) is 4.31. The second-order valence-corrected chi connectivity index (χ2v) is 8.19. The lowest BCUT2D eigenvalue weighted by atomic mass is 9.97. The van der Waals surface area contributed by atoms with Crippen molar-refractivity contribution >= 4 is 43.0 Å². The van der Waals surface area contributed by atoms with Crippen molar-refractivity contribution in [2.45, 2.75) is 51.0 Å². The SMILES string of the molecule is [B]N(CCc1cc2c(Nc3ccc(S)cc3)ncnc2cn1)C(C)C[C@H](C)CC. The van der Waals surface area contributed by atoms with E-state index in [9.17, 15) is 0 Å². The molecular formula is C22H28BN5S. The molecule has 2 aromatic heterocycles. The summed E-state index contributed by atoms with van der Waals surface area (Å²) in [4.78, 5) is 16.2. The summed E-state index contributed by atoms with van der Waals surface area (Å²) in [6.45, 7) is 7.44. The lowest BCUT2D eigenvalue weighted by Crippen LogP contribution is -2.33. The maximum Gasteiger partial charge on any atom is 0.182 e. The first kappa shape index (κ1) is 21.6. The quantitative estimate of drug-likeness (QED) is 0.395. The predicted octanol–water partition coefficient (Wildman–Crippen LogP) is 4.81. The van der Waals surface area contributed by atoms with Crippen LogP contribution in [0.5, 0.6) is 0 Å². The third-order valence-electron chi connectivity index (χ3n) is 5.34. The number of rotatable bonds is 9. The molecule has 0 saturated carbocycles. The molecule has 2 radical (unpaired) electrons. The molecule has 3 aromatic rings. The molecule has 2 heterocycles. The number of nitrogens with zero attached hydrogens (tertiary/aromatic N) is 4. The Morgan fingerprint density at radius 2 is 1.90 bits per heavy atom. The first-order chi connectivity index (χ1) is 14.0. The fraction of sp³-hybridized carbons (Fsp3) is 0.409. The Balaban J connectivity index is 1.72. The average molecular weight is 405 g/mol. The van der Waals surface area contributed by atoms with Gasteiger partial charge in [0.25, 0.3) is 0 Å². The number of benzene rings is 1. The zero-order valence-corrected chi connectivity index (χ0v) is 18.2. The van der Waals surface area contributed by atoms with Crippen LogP contribution in [0, 0.1) is 5.92 Å². The summed E-state index contributed by atoms with van der Waals surface area (Å²) < 4.78 is 0. The number of aromatic nitrogens is 3. The standard InChI is InChI=1S/C22H28BN5S/c1-4-15(2)11-16(3)28(23)10-9-18-12-20-21(13-24-18)25-14-26-22(20)27-17-5-7-19(29)8-6-17/h5-8,12-16,29H,4,9-11H2,1-3H3,(H,25,26,27)/t15-,16?/m1/s1. The molecule has 1 N–H and O–H groups in total. The molecule has 1 unspecified atom stereocenters. The van der Waals surface area contributed by atoms with Gasteiger partial charge in [-0.3, -0.25) is 4.98 Å². The van der Waals surface area contributed by atoms with E-state index in [0.29, 0.717) is 12.0 Å². The zero-order chi connectivity index (χ0) is 20.8. The van der Waals surface area contributed by atoms with E-state index in [1.54, 1.807) is 12.5 Å². The molecule has 0 saturated heterocycles. The maximum atomic E-state index is 6.29. The van der Waals surface area contributed by atoms with Gasteiger partial charge in [0.05, 0.1) is 11.7 Å². The molecule has 0 fully saturated rings. The van der Waals surface area contributed by atoms with Gasteiger partial charge < -0.3 is 10.1 Å². The van der Waals surface area contributed by atoms with E-state index in [1.165, 1.54) is 6.42 Å². The van der Waals surface area contributed by atoms with Crippen molar-refractivity contribution < 1.29 is 0 Å². The summed E-state index contributed by atoms with van der Waals surface area (Å²) in [6, 6.07) is 10.2. The van der Waals surface area contributed by atoms with Crippen molar-refractivity contribution in [3.05, 3.63) is 48.5 Å². The van der Waals surface area contributed by atoms with E-state index in [0.717, 1.165) is 52.4 Å². The molecule has 0 amide bonds. The first-order valence-electron chi connectivity index (χ1n) is 10.1. The van der Waals surface area contributed by atoms with Gasteiger partial charge in [-0.15, -0.1) is 12.6 Å². The van der Waals surface area contributed by atoms with Crippen molar-refractivity contribution in [3.63, 3.8) is 0 Å². The Morgan fingerprint density at radius 3 is 2.62 bits per heavy atom. The highest BCUT2D eigenvalue weighted by molar-refractivity contribution is 7.80. The third kappa shape index (κ3) is 5.93. The van der Waals surface area contributed by atoms with Crippen LogP contribution in [0.4, 0.5) is 11.5 Å². The van der Waals surface area contributed by atoms with Gasteiger partial charge >= 0.3 is 0 Å². The minimum atomic E-state index is 0.348. The van der Waals surface area contributed by atoms with Crippen LogP contribution < -0.4 is 5.32 Å². The van der Waals surface area contributed by atoms with Crippen LogP contribution in [0.25, 0.3) is 10.9 Å². The lowest BCUT2D eigenvalue weighted by Gasteiger charge is -2.27. The van der Waals surface area contributed by atoms with Crippen LogP contribution in [0.15, 0.2) is 47.8 Å². The highest BCUT2D eigenvalue weighted by atomic mass is 32.1. The molecule has 5 nitrogen and oxygen atoms in total. The Morgan fingerprint density at radius 1 is 1.14 bits per heavy atom. The van der Waals surface area contributed by atoms with Gasteiger partial charge in [-0.25, -0.2) is 9.97 Å². The predicted molar refractivity (Wildman–Crippen MR) is 124 cm³/mol. The van der Waals surface area contributed by atoms with Gasteiger partial charge in [0.2, 0.25) is 0 Å². The average Bonchev–Trinajstić information content (AvgIpc) is 2.73. The summed E-state index contributed by atoms with van der Waals surface area (Å²) in [7, 11) is 6.29. The van der Waals surface area contributed by atoms with E-state index < -0.39 is 0 Å². The highest BCUT2D eigenvalue weighted by Crippen LogP contribution is 2.24. The van der Waals surface area contributed by atoms with Crippen LogP contribution in [-0.4, -0.2) is 40.3 Å². The van der Waals surface area contributed by atoms with E-state index in [1.807, 2.05) is 29.1 Å². The fourth-order valence-electron chi connectivity index (χ4n) is 3.27. The molecule has 150 valence electrons. The topological polar surface area (TPSA) is 53.9 Å². The minimum absolute atomic E-state index is 0.348. The van der Waals surface area contributed by atoms with E-state index >= 15 is 0 Å². The second kappa shape index (κ2) is 10.1. The van der Waals surface area contributed by atoms with Gasteiger partial charge in [-0.2, -0.15) is 0 Å². The van der Waals surface area contributed by atoms with Crippen LogP contribution in [0.2, 0.25) is 0 Å². The van der Waals surface area contributed by atoms with E-state index in [2.05, 4.69) is 59.7 Å². The Labute approximate surface area is 180 Å². The number of hydrogen-bond donors (Lipinski definition) is 2. The molecule has 29 heavy (non-hydrogen) atoms. The van der Waals surface area contributed by atoms with Crippen molar-refractivity contribution in [2.24, 2.45) is 5.92 Å². The van der Waals surface area contributed by atoms with Crippen molar-refractivity contribution in [2.75, 3.05) is 11.9 Å². The van der Waals surface area contributed by atoms with E-state index in [-0.39, 0.29) is 0 Å².